The molecule has 1 aromatic carbocycles. The van der Waals surface area contributed by atoms with Crippen LogP contribution in [-0.4, -0.2) is 40.8 Å². The highest BCUT2D eigenvalue weighted by atomic mass is 35.5. The Morgan fingerprint density at radius 2 is 1.82 bits per heavy atom. The van der Waals surface area contributed by atoms with E-state index >= 15 is 0 Å². The average Bonchev–Trinajstić information content (AvgIpc) is 3.18. The number of halogens is 1. The Morgan fingerprint density at radius 1 is 1.18 bits per heavy atom. The molecule has 1 fully saturated rings. The second-order valence-electron chi connectivity index (χ2n) is 7.65. The quantitative estimate of drug-likeness (QED) is 0.777. The van der Waals surface area contributed by atoms with Gasteiger partial charge in [-0.05, 0) is 37.8 Å². The third-order valence-corrected chi connectivity index (χ3v) is 6.48. The first kappa shape index (κ1) is 20.8. The van der Waals surface area contributed by atoms with Crippen molar-refractivity contribution in [2.75, 3.05) is 13.1 Å². The third kappa shape index (κ3) is 4.92. The Kier molecular flexibility index (Phi) is 6.73. The molecule has 1 saturated heterocycles. The van der Waals surface area contributed by atoms with Crippen molar-refractivity contribution in [2.45, 2.75) is 39.7 Å². The van der Waals surface area contributed by atoms with Gasteiger partial charge in [0.2, 0.25) is 5.91 Å². The molecule has 0 saturated carbocycles. The van der Waals surface area contributed by atoms with Crippen LogP contribution in [0.1, 0.15) is 44.1 Å². The lowest BCUT2D eigenvalue weighted by molar-refractivity contribution is -0.127. The van der Waals surface area contributed by atoms with Crippen molar-refractivity contribution in [3.63, 3.8) is 0 Å². The SMILES string of the molecule is CC(C)C(C)NC(=O)C1CCN(C(=O)c2csc(-c3ccc(Cl)cc3)n2)CC1. The fourth-order valence-electron chi connectivity index (χ4n) is 3.11. The molecule has 2 amide bonds. The lowest BCUT2D eigenvalue weighted by Crippen LogP contribution is -2.45. The van der Waals surface area contributed by atoms with Crippen LogP contribution in [0.5, 0.6) is 0 Å². The van der Waals surface area contributed by atoms with Gasteiger partial charge in [0, 0.05) is 41.0 Å². The minimum atomic E-state index is -0.0640. The normalized spacial score (nSPS) is 16.2. The van der Waals surface area contributed by atoms with E-state index < -0.39 is 0 Å². The molecule has 150 valence electrons. The molecule has 0 radical (unpaired) electrons. The second kappa shape index (κ2) is 9.05. The zero-order chi connectivity index (χ0) is 20.3. The number of aromatic nitrogens is 1. The first-order valence-electron chi connectivity index (χ1n) is 9.66. The van der Waals surface area contributed by atoms with Crippen LogP contribution < -0.4 is 5.32 Å². The van der Waals surface area contributed by atoms with Crippen molar-refractivity contribution in [3.8, 4) is 10.6 Å². The maximum absolute atomic E-state index is 12.8. The summed E-state index contributed by atoms with van der Waals surface area (Å²) in [7, 11) is 0. The molecule has 2 aromatic rings. The number of amides is 2. The number of thiazole rings is 1. The van der Waals surface area contributed by atoms with E-state index in [1.807, 2.05) is 31.2 Å². The van der Waals surface area contributed by atoms with Gasteiger partial charge in [0.15, 0.2) is 0 Å². The topological polar surface area (TPSA) is 62.3 Å². The number of carbonyl (C=O) groups excluding carboxylic acids is 2. The lowest BCUT2D eigenvalue weighted by Gasteiger charge is -2.32. The number of hydrogen-bond donors (Lipinski definition) is 1. The Bertz CT molecular complexity index is 826. The van der Waals surface area contributed by atoms with E-state index in [0.29, 0.717) is 42.6 Å². The van der Waals surface area contributed by atoms with E-state index in [2.05, 4.69) is 24.1 Å². The van der Waals surface area contributed by atoms with Gasteiger partial charge in [-0.25, -0.2) is 4.98 Å². The van der Waals surface area contributed by atoms with Crippen molar-refractivity contribution in [1.82, 2.24) is 15.2 Å². The molecule has 1 atom stereocenters. The van der Waals surface area contributed by atoms with Crippen LogP contribution in [0.4, 0.5) is 0 Å². The maximum atomic E-state index is 12.8. The predicted molar refractivity (Wildman–Crippen MR) is 114 cm³/mol. The Morgan fingerprint density at radius 3 is 2.43 bits per heavy atom. The first-order valence-corrected chi connectivity index (χ1v) is 10.9. The number of rotatable bonds is 5. The number of hydrogen-bond acceptors (Lipinski definition) is 4. The smallest absolute Gasteiger partial charge is 0.273 e. The van der Waals surface area contributed by atoms with Crippen LogP contribution >= 0.6 is 22.9 Å². The second-order valence-corrected chi connectivity index (χ2v) is 8.95. The van der Waals surface area contributed by atoms with E-state index in [1.165, 1.54) is 11.3 Å². The molecule has 28 heavy (non-hydrogen) atoms. The van der Waals surface area contributed by atoms with Crippen molar-refractivity contribution in [3.05, 3.63) is 40.4 Å². The standard InChI is InChI=1S/C21H26ClN3O2S/c1-13(2)14(3)23-19(26)15-8-10-25(11-9-15)21(27)18-12-28-20(24-18)16-4-6-17(22)7-5-16/h4-7,12-15H,8-11H2,1-3H3,(H,23,26). The van der Waals surface area contributed by atoms with Crippen molar-refractivity contribution >= 4 is 34.8 Å². The zero-order valence-electron chi connectivity index (χ0n) is 16.4. The molecule has 7 heteroatoms. The largest absolute Gasteiger partial charge is 0.353 e. The van der Waals surface area contributed by atoms with Gasteiger partial charge in [-0.2, -0.15) is 0 Å². The van der Waals surface area contributed by atoms with Crippen LogP contribution in [0.25, 0.3) is 10.6 Å². The van der Waals surface area contributed by atoms with Crippen LogP contribution in [-0.2, 0) is 4.79 Å². The maximum Gasteiger partial charge on any atom is 0.273 e. The van der Waals surface area contributed by atoms with Crippen LogP contribution in [0.15, 0.2) is 29.6 Å². The van der Waals surface area contributed by atoms with Gasteiger partial charge in [-0.1, -0.05) is 37.6 Å². The summed E-state index contributed by atoms with van der Waals surface area (Å²) >= 11 is 7.38. The fourth-order valence-corrected chi connectivity index (χ4v) is 4.04. The Hall–Kier alpha value is -1.92. The molecular formula is C21H26ClN3O2S. The van der Waals surface area contributed by atoms with Gasteiger partial charge >= 0.3 is 0 Å². The summed E-state index contributed by atoms with van der Waals surface area (Å²) in [5.74, 6) is 0.424. The molecule has 0 aliphatic carbocycles. The molecule has 5 nitrogen and oxygen atoms in total. The average molecular weight is 420 g/mol. The number of likely N-dealkylation sites (tertiary alicyclic amines) is 1. The van der Waals surface area contributed by atoms with E-state index in [9.17, 15) is 9.59 Å². The summed E-state index contributed by atoms with van der Waals surface area (Å²) in [5.41, 5.74) is 1.41. The van der Waals surface area contributed by atoms with Crippen LogP contribution in [0.3, 0.4) is 0 Å². The summed E-state index contributed by atoms with van der Waals surface area (Å²) in [5, 5.41) is 6.36. The van der Waals surface area contributed by atoms with E-state index in [1.54, 1.807) is 10.3 Å². The lowest BCUT2D eigenvalue weighted by atomic mass is 9.94. The van der Waals surface area contributed by atoms with Gasteiger partial charge in [0.25, 0.3) is 5.91 Å². The molecule has 3 rings (SSSR count). The number of piperidine rings is 1. The first-order chi connectivity index (χ1) is 13.3. The molecule has 2 heterocycles. The minimum absolute atomic E-state index is 0.0229. The Labute approximate surface area is 175 Å². The summed E-state index contributed by atoms with van der Waals surface area (Å²) in [6, 6.07) is 7.59. The van der Waals surface area contributed by atoms with Crippen LogP contribution in [0, 0.1) is 11.8 Å². The van der Waals surface area contributed by atoms with Gasteiger partial charge < -0.3 is 10.2 Å². The summed E-state index contributed by atoms with van der Waals surface area (Å²) in [6.07, 6.45) is 1.38. The molecule has 1 unspecified atom stereocenters. The van der Waals surface area contributed by atoms with Gasteiger partial charge in [0.1, 0.15) is 10.7 Å². The zero-order valence-corrected chi connectivity index (χ0v) is 18.0. The van der Waals surface area contributed by atoms with Gasteiger partial charge in [0.05, 0.1) is 0 Å². The molecule has 1 N–H and O–H groups in total. The highest BCUT2D eigenvalue weighted by Gasteiger charge is 2.29. The number of carbonyl (C=O) groups is 2. The van der Waals surface area contributed by atoms with E-state index in [-0.39, 0.29) is 23.8 Å². The molecule has 1 aromatic heterocycles. The van der Waals surface area contributed by atoms with Crippen molar-refractivity contribution in [2.24, 2.45) is 11.8 Å². The predicted octanol–water partition coefficient (Wildman–Crippen LogP) is 4.48. The highest BCUT2D eigenvalue weighted by Crippen LogP contribution is 2.26. The summed E-state index contributed by atoms with van der Waals surface area (Å²) < 4.78 is 0. The van der Waals surface area contributed by atoms with E-state index in [4.69, 9.17) is 11.6 Å². The number of benzene rings is 1. The number of nitrogens with one attached hydrogen (secondary N) is 1. The summed E-state index contributed by atoms with van der Waals surface area (Å²) in [4.78, 5) is 31.5. The molecule has 1 aliphatic rings. The van der Waals surface area contributed by atoms with Crippen molar-refractivity contribution in [1.29, 1.82) is 0 Å². The fraction of sp³-hybridized carbons (Fsp3) is 0.476. The highest BCUT2D eigenvalue weighted by molar-refractivity contribution is 7.13. The third-order valence-electron chi connectivity index (χ3n) is 5.34. The molecule has 0 bridgehead atoms. The number of nitrogens with zero attached hydrogens (tertiary/aromatic N) is 2. The van der Waals surface area contributed by atoms with Crippen LogP contribution in [0.2, 0.25) is 5.02 Å². The van der Waals surface area contributed by atoms with E-state index in [0.717, 1.165) is 10.6 Å². The van der Waals surface area contributed by atoms with Gasteiger partial charge in [-0.3, -0.25) is 9.59 Å². The molecular weight excluding hydrogens is 394 g/mol. The molecule has 0 spiro atoms. The summed E-state index contributed by atoms with van der Waals surface area (Å²) in [6.45, 7) is 7.39. The monoisotopic (exact) mass is 419 g/mol. The van der Waals surface area contributed by atoms with Crippen molar-refractivity contribution < 1.29 is 9.59 Å². The molecule has 1 aliphatic heterocycles. The van der Waals surface area contributed by atoms with Gasteiger partial charge in [-0.15, -0.1) is 11.3 Å². The Balaban J connectivity index is 1.57. The minimum Gasteiger partial charge on any atom is -0.353 e.